The van der Waals surface area contributed by atoms with Crippen molar-refractivity contribution in [3.05, 3.63) is 35.4 Å². The Kier molecular flexibility index (Phi) is 5.39. The number of rotatable bonds is 5. The van der Waals surface area contributed by atoms with Crippen LogP contribution in [0.2, 0.25) is 0 Å². The lowest BCUT2D eigenvalue weighted by Crippen LogP contribution is -2.45. The third-order valence-electron chi connectivity index (χ3n) is 8.52. The van der Waals surface area contributed by atoms with Gasteiger partial charge in [-0.05, 0) is 84.7 Å². The highest BCUT2D eigenvalue weighted by molar-refractivity contribution is 6.17. The molecule has 0 nitrogen and oxygen atoms in total. The van der Waals surface area contributed by atoms with Gasteiger partial charge in [-0.1, -0.05) is 51.0 Å². The van der Waals surface area contributed by atoms with Crippen LogP contribution in [0.15, 0.2) is 24.3 Å². The SMILES string of the molecule is C[C@@H]1[C@H](F)C[C@H]2[C@@H]3[C@H](CCCCCCl)Cc4ccccc4[C@H]3CC[C@]12C. The van der Waals surface area contributed by atoms with Gasteiger partial charge in [0.15, 0.2) is 0 Å². The van der Waals surface area contributed by atoms with Gasteiger partial charge in [-0.2, -0.15) is 0 Å². The predicted molar refractivity (Wildman–Crippen MR) is 109 cm³/mol. The summed E-state index contributed by atoms with van der Waals surface area (Å²) in [6.45, 7) is 4.58. The Labute approximate surface area is 163 Å². The van der Waals surface area contributed by atoms with Crippen LogP contribution < -0.4 is 0 Å². The van der Waals surface area contributed by atoms with Gasteiger partial charge in [-0.3, -0.25) is 0 Å². The summed E-state index contributed by atoms with van der Waals surface area (Å²) in [6.07, 6.45) is 8.81. The zero-order valence-corrected chi connectivity index (χ0v) is 17.1. The number of benzene rings is 1. The number of unbranched alkanes of at least 4 members (excludes halogenated alkanes) is 2. The molecule has 1 aromatic rings. The highest BCUT2D eigenvalue weighted by Crippen LogP contribution is 2.64. The van der Waals surface area contributed by atoms with Crippen molar-refractivity contribution in [2.24, 2.45) is 29.1 Å². The van der Waals surface area contributed by atoms with E-state index < -0.39 is 6.17 Å². The van der Waals surface area contributed by atoms with Crippen molar-refractivity contribution in [2.45, 2.75) is 77.3 Å². The van der Waals surface area contributed by atoms with E-state index in [9.17, 15) is 4.39 Å². The van der Waals surface area contributed by atoms with Crippen LogP contribution in [-0.4, -0.2) is 12.1 Å². The summed E-state index contributed by atoms with van der Waals surface area (Å²) in [4.78, 5) is 0. The molecule has 0 radical (unpaired) electrons. The second-order valence-electron chi connectivity index (χ2n) is 9.58. The summed E-state index contributed by atoms with van der Waals surface area (Å²) < 4.78 is 14.8. The van der Waals surface area contributed by atoms with Crippen molar-refractivity contribution in [1.82, 2.24) is 0 Å². The Balaban J connectivity index is 1.64. The van der Waals surface area contributed by atoms with Gasteiger partial charge in [0.25, 0.3) is 0 Å². The monoisotopic (exact) mass is 376 g/mol. The lowest BCUT2D eigenvalue weighted by Gasteiger charge is -2.53. The van der Waals surface area contributed by atoms with E-state index in [1.807, 2.05) is 0 Å². The molecule has 0 heterocycles. The van der Waals surface area contributed by atoms with E-state index in [1.54, 1.807) is 11.1 Å². The Morgan fingerprint density at radius 1 is 1.19 bits per heavy atom. The fourth-order valence-corrected chi connectivity index (χ4v) is 7.10. The first-order valence-corrected chi connectivity index (χ1v) is 11.4. The van der Waals surface area contributed by atoms with Crippen LogP contribution in [0.5, 0.6) is 0 Å². The molecule has 3 aliphatic carbocycles. The van der Waals surface area contributed by atoms with Gasteiger partial charge in [0, 0.05) is 5.88 Å². The Morgan fingerprint density at radius 2 is 2.00 bits per heavy atom. The first-order valence-electron chi connectivity index (χ1n) is 10.8. The Morgan fingerprint density at radius 3 is 2.81 bits per heavy atom. The molecule has 144 valence electrons. The van der Waals surface area contributed by atoms with Crippen LogP contribution in [0.25, 0.3) is 0 Å². The van der Waals surface area contributed by atoms with Gasteiger partial charge in [0.05, 0.1) is 0 Å². The molecule has 2 heteroatoms. The minimum atomic E-state index is -0.599. The van der Waals surface area contributed by atoms with E-state index in [4.69, 9.17) is 11.6 Å². The molecule has 0 N–H and O–H groups in total. The van der Waals surface area contributed by atoms with Gasteiger partial charge in [0.2, 0.25) is 0 Å². The molecule has 1 aromatic carbocycles. The van der Waals surface area contributed by atoms with Crippen molar-refractivity contribution < 1.29 is 4.39 Å². The van der Waals surface area contributed by atoms with Gasteiger partial charge in [-0.25, -0.2) is 4.39 Å². The molecule has 0 bridgehead atoms. The van der Waals surface area contributed by atoms with E-state index in [1.165, 1.54) is 38.5 Å². The zero-order valence-electron chi connectivity index (χ0n) is 16.4. The molecule has 2 fully saturated rings. The number of hydrogen-bond acceptors (Lipinski definition) is 0. The third-order valence-corrected chi connectivity index (χ3v) is 8.79. The molecule has 0 spiro atoms. The highest BCUT2D eigenvalue weighted by atomic mass is 35.5. The first kappa shape index (κ1) is 18.8. The Bertz CT molecular complexity index is 628. The number of fused-ring (bicyclic) bond motifs is 5. The topological polar surface area (TPSA) is 0 Å². The maximum Gasteiger partial charge on any atom is 0.103 e. The highest BCUT2D eigenvalue weighted by Gasteiger charge is 2.58. The van der Waals surface area contributed by atoms with Gasteiger partial charge >= 0.3 is 0 Å². The Hall–Kier alpha value is -0.560. The fourth-order valence-electron chi connectivity index (χ4n) is 6.91. The number of alkyl halides is 2. The summed E-state index contributed by atoms with van der Waals surface area (Å²) in [7, 11) is 0. The van der Waals surface area contributed by atoms with Crippen LogP contribution in [0.3, 0.4) is 0 Å². The number of hydrogen-bond donors (Lipinski definition) is 0. The minimum absolute atomic E-state index is 0.210. The molecule has 26 heavy (non-hydrogen) atoms. The van der Waals surface area contributed by atoms with Gasteiger partial charge < -0.3 is 0 Å². The number of halogens is 2. The van der Waals surface area contributed by atoms with Crippen molar-refractivity contribution in [3.63, 3.8) is 0 Å². The van der Waals surface area contributed by atoms with E-state index in [2.05, 4.69) is 38.1 Å². The van der Waals surface area contributed by atoms with Crippen molar-refractivity contribution in [3.8, 4) is 0 Å². The van der Waals surface area contributed by atoms with Crippen LogP contribution in [-0.2, 0) is 6.42 Å². The van der Waals surface area contributed by atoms with Crippen LogP contribution in [0.4, 0.5) is 4.39 Å². The van der Waals surface area contributed by atoms with Crippen molar-refractivity contribution in [2.75, 3.05) is 5.88 Å². The average molecular weight is 377 g/mol. The lowest BCUT2D eigenvalue weighted by atomic mass is 9.51. The molecule has 4 rings (SSSR count). The second-order valence-corrected chi connectivity index (χ2v) is 9.95. The molecule has 0 aromatic heterocycles. The van der Waals surface area contributed by atoms with E-state index in [0.717, 1.165) is 24.6 Å². The lowest BCUT2D eigenvalue weighted by molar-refractivity contribution is 0.00108. The smallest absolute Gasteiger partial charge is 0.103 e. The van der Waals surface area contributed by atoms with Crippen LogP contribution in [0.1, 0.15) is 75.8 Å². The quantitative estimate of drug-likeness (QED) is 0.378. The molecule has 0 saturated heterocycles. The molecular weight excluding hydrogens is 343 g/mol. The second kappa shape index (κ2) is 7.46. The summed E-state index contributed by atoms with van der Waals surface area (Å²) in [5.74, 6) is 3.64. The summed E-state index contributed by atoms with van der Waals surface area (Å²) in [6, 6.07) is 9.12. The van der Waals surface area contributed by atoms with Crippen molar-refractivity contribution >= 4 is 11.6 Å². The van der Waals surface area contributed by atoms with Crippen LogP contribution in [0, 0.1) is 29.1 Å². The summed E-state index contributed by atoms with van der Waals surface area (Å²) >= 11 is 5.88. The van der Waals surface area contributed by atoms with Crippen molar-refractivity contribution in [1.29, 1.82) is 0 Å². The third kappa shape index (κ3) is 3.03. The first-order chi connectivity index (χ1) is 12.6. The molecule has 0 unspecified atom stereocenters. The molecule has 7 atom stereocenters. The van der Waals surface area contributed by atoms with Gasteiger partial charge in [-0.15, -0.1) is 11.6 Å². The van der Waals surface area contributed by atoms with E-state index in [-0.39, 0.29) is 11.3 Å². The molecule has 2 saturated carbocycles. The molecule has 0 amide bonds. The van der Waals surface area contributed by atoms with Gasteiger partial charge in [0.1, 0.15) is 6.17 Å². The normalized spacial score (nSPS) is 41.4. The van der Waals surface area contributed by atoms with E-state index >= 15 is 0 Å². The summed E-state index contributed by atoms with van der Waals surface area (Å²) in [5.41, 5.74) is 3.37. The minimum Gasteiger partial charge on any atom is -0.247 e. The summed E-state index contributed by atoms with van der Waals surface area (Å²) in [5, 5.41) is 0. The fraction of sp³-hybridized carbons (Fsp3) is 0.750. The maximum absolute atomic E-state index is 14.8. The van der Waals surface area contributed by atoms with Crippen LogP contribution >= 0.6 is 11.6 Å². The van der Waals surface area contributed by atoms with E-state index in [0.29, 0.717) is 17.8 Å². The average Bonchev–Trinajstić information content (AvgIpc) is 2.88. The zero-order chi connectivity index (χ0) is 18.3. The molecular formula is C24H34ClF. The maximum atomic E-state index is 14.8. The largest absolute Gasteiger partial charge is 0.247 e. The molecule has 0 aliphatic heterocycles. The predicted octanol–water partition coefficient (Wildman–Crippen LogP) is 7.15. The molecule has 3 aliphatic rings. The standard InChI is InChI=1S/C24H34ClF/c1-16-22(26)15-21-23-18(9-4-3-7-13-25)14-17-8-5-6-10-19(17)20(23)11-12-24(16,21)2/h5-6,8,10,16,18,20-23H,3-4,7,9,11-15H2,1-2H3/t16-,18-,20-,21+,22-,23-,24-/m1/s1.